The van der Waals surface area contributed by atoms with E-state index >= 15 is 0 Å². The number of allylic oxidation sites excluding steroid dienone is 1. The molecule has 10 nitrogen and oxygen atoms in total. The Labute approximate surface area is 190 Å². The zero-order valence-corrected chi connectivity index (χ0v) is 18.5. The van der Waals surface area contributed by atoms with Gasteiger partial charge in [-0.25, -0.2) is 9.78 Å². The van der Waals surface area contributed by atoms with Crippen LogP contribution in [0.15, 0.2) is 51.9 Å². The monoisotopic (exact) mass is 469 g/mol. The highest BCUT2D eigenvalue weighted by molar-refractivity contribution is 7.71. The lowest BCUT2D eigenvalue weighted by Gasteiger charge is -2.09. The van der Waals surface area contributed by atoms with Gasteiger partial charge in [-0.3, -0.25) is 28.8 Å². The van der Waals surface area contributed by atoms with Crippen LogP contribution in [0.2, 0.25) is 0 Å². The molecular formula is C20H19N7O3S2. The number of anilines is 1. The Morgan fingerprint density at radius 3 is 2.91 bits per heavy atom. The minimum absolute atomic E-state index is 0.0445. The number of aromatic amines is 2. The number of rotatable bonds is 8. The third-order valence-electron chi connectivity index (χ3n) is 4.75. The van der Waals surface area contributed by atoms with Crippen LogP contribution in [-0.4, -0.2) is 35.2 Å². The van der Waals surface area contributed by atoms with Crippen LogP contribution in [0.3, 0.4) is 0 Å². The van der Waals surface area contributed by atoms with Gasteiger partial charge >= 0.3 is 5.69 Å². The standard InChI is InChI=1S/C20H19N7O3S2/c1-2-8-27-15(24-25-20(27)31)10-12-11-32-18(21-12)22-16(28)7-9-26-14-6-4-3-5-13(14)17(29)23-19(26)30/h2-6,11H,1,7-10H2,(H,25,31)(H,21,22,28)(H,23,29,30). The quantitative estimate of drug-likeness (QED) is 0.268. The minimum Gasteiger partial charge on any atom is -0.302 e. The van der Waals surface area contributed by atoms with Gasteiger partial charge in [-0.15, -0.1) is 17.9 Å². The molecule has 0 radical (unpaired) electrons. The molecule has 0 aliphatic carbocycles. The molecule has 32 heavy (non-hydrogen) atoms. The summed E-state index contributed by atoms with van der Waals surface area (Å²) in [6, 6.07) is 6.77. The Balaban J connectivity index is 1.42. The van der Waals surface area contributed by atoms with Gasteiger partial charge in [0, 0.05) is 24.9 Å². The average molecular weight is 470 g/mol. The van der Waals surface area contributed by atoms with E-state index in [9.17, 15) is 14.4 Å². The van der Waals surface area contributed by atoms with Crippen molar-refractivity contribution in [2.75, 3.05) is 5.32 Å². The van der Waals surface area contributed by atoms with Gasteiger partial charge in [-0.05, 0) is 24.4 Å². The predicted molar refractivity (Wildman–Crippen MR) is 125 cm³/mol. The molecule has 4 rings (SSSR count). The van der Waals surface area contributed by atoms with Gasteiger partial charge in [0.05, 0.1) is 23.0 Å². The fourth-order valence-electron chi connectivity index (χ4n) is 3.27. The number of carbonyl (C=O) groups is 1. The van der Waals surface area contributed by atoms with Crippen LogP contribution in [-0.2, 0) is 24.3 Å². The van der Waals surface area contributed by atoms with Crippen LogP contribution in [0, 0.1) is 4.77 Å². The Morgan fingerprint density at radius 1 is 1.28 bits per heavy atom. The number of benzene rings is 1. The number of para-hydroxylation sites is 1. The van der Waals surface area contributed by atoms with Crippen molar-refractivity contribution in [3.05, 3.63) is 79.4 Å². The van der Waals surface area contributed by atoms with Crippen molar-refractivity contribution in [1.29, 1.82) is 0 Å². The second-order valence-electron chi connectivity index (χ2n) is 6.89. The summed E-state index contributed by atoms with van der Waals surface area (Å²) in [6.07, 6.45) is 2.23. The summed E-state index contributed by atoms with van der Waals surface area (Å²) in [4.78, 5) is 43.3. The van der Waals surface area contributed by atoms with Crippen molar-refractivity contribution < 1.29 is 4.79 Å². The van der Waals surface area contributed by atoms with E-state index in [4.69, 9.17) is 12.2 Å². The van der Waals surface area contributed by atoms with E-state index in [1.807, 2.05) is 9.95 Å². The molecule has 0 spiro atoms. The van der Waals surface area contributed by atoms with E-state index in [0.29, 0.717) is 33.8 Å². The number of H-pyrrole nitrogens is 2. The van der Waals surface area contributed by atoms with Gasteiger partial charge in [0.25, 0.3) is 5.56 Å². The molecule has 0 atom stereocenters. The van der Waals surface area contributed by atoms with E-state index in [1.165, 1.54) is 15.9 Å². The van der Waals surface area contributed by atoms with E-state index < -0.39 is 11.2 Å². The topological polar surface area (TPSA) is 130 Å². The number of amides is 1. The SMILES string of the molecule is C=CCn1c(Cc2csc(NC(=O)CCn3c(=O)[nH]c(=O)c4ccccc43)n2)n[nH]c1=S. The molecule has 3 N–H and O–H groups in total. The number of aromatic nitrogens is 6. The Hall–Kier alpha value is -3.64. The number of hydrogen-bond donors (Lipinski definition) is 3. The van der Waals surface area contributed by atoms with Gasteiger partial charge in [0.1, 0.15) is 5.82 Å². The maximum atomic E-state index is 12.4. The van der Waals surface area contributed by atoms with Crippen molar-refractivity contribution in [2.45, 2.75) is 25.9 Å². The first kappa shape index (κ1) is 21.6. The number of hydrogen-bond acceptors (Lipinski definition) is 7. The van der Waals surface area contributed by atoms with Gasteiger partial charge in [0.2, 0.25) is 5.91 Å². The molecule has 0 fully saturated rings. The van der Waals surface area contributed by atoms with Gasteiger partial charge in [0.15, 0.2) is 9.90 Å². The number of thiazole rings is 1. The van der Waals surface area contributed by atoms with Crippen LogP contribution >= 0.6 is 23.6 Å². The second kappa shape index (κ2) is 9.24. The Kier molecular flexibility index (Phi) is 6.23. The first-order valence-electron chi connectivity index (χ1n) is 9.67. The lowest BCUT2D eigenvalue weighted by Crippen LogP contribution is -2.31. The third kappa shape index (κ3) is 4.50. The van der Waals surface area contributed by atoms with E-state index in [1.54, 1.807) is 30.3 Å². The van der Waals surface area contributed by atoms with E-state index in [-0.39, 0.29) is 18.9 Å². The number of aryl methyl sites for hydroxylation is 1. The van der Waals surface area contributed by atoms with Crippen LogP contribution in [0.25, 0.3) is 10.9 Å². The summed E-state index contributed by atoms with van der Waals surface area (Å²) < 4.78 is 3.71. The number of carbonyl (C=O) groups excluding carboxylic acids is 1. The van der Waals surface area contributed by atoms with Crippen LogP contribution in [0.4, 0.5) is 5.13 Å². The predicted octanol–water partition coefficient (Wildman–Crippen LogP) is 2.21. The summed E-state index contributed by atoms with van der Waals surface area (Å²) in [6.45, 7) is 4.38. The fraction of sp³-hybridized carbons (Fsp3) is 0.200. The molecule has 3 heterocycles. The molecule has 12 heteroatoms. The molecule has 164 valence electrons. The fourth-order valence-corrected chi connectivity index (χ4v) is 4.22. The van der Waals surface area contributed by atoms with Crippen molar-refractivity contribution in [3.63, 3.8) is 0 Å². The molecule has 0 saturated carbocycles. The maximum absolute atomic E-state index is 12.4. The summed E-state index contributed by atoms with van der Waals surface area (Å²) in [5.74, 6) is 0.435. The molecule has 0 saturated heterocycles. The number of nitrogens with zero attached hydrogens (tertiary/aromatic N) is 4. The van der Waals surface area contributed by atoms with Crippen LogP contribution in [0.5, 0.6) is 0 Å². The summed E-state index contributed by atoms with van der Waals surface area (Å²) in [5.41, 5.74) is 0.230. The highest BCUT2D eigenvalue weighted by Crippen LogP contribution is 2.18. The molecule has 3 aromatic heterocycles. The smallest absolute Gasteiger partial charge is 0.302 e. The Bertz CT molecular complexity index is 1470. The minimum atomic E-state index is -0.550. The van der Waals surface area contributed by atoms with Crippen molar-refractivity contribution in [2.24, 2.45) is 0 Å². The molecule has 1 aromatic carbocycles. The van der Waals surface area contributed by atoms with Gasteiger partial charge in [-0.1, -0.05) is 18.2 Å². The first-order chi connectivity index (χ1) is 15.5. The zero-order chi connectivity index (χ0) is 22.7. The average Bonchev–Trinajstić information content (AvgIpc) is 3.35. The van der Waals surface area contributed by atoms with Crippen molar-refractivity contribution >= 4 is 45.5 Å². The van der Waals surface area contributed by atoms with Crippen molar-refractivity contribution in [3.8, 4) is 0 Å². The molecule has 4 aromatic rings. The molecule has 1 amide bonds. The molecule has 0 bridgehead atoms. The van der Waals surface area contributed by atoms with Gasteiger partial charge in [-0.2, -0.15) is 5.10 Å². The van der Waals surface area contributed by atoms with Gasteiger partial charge < -0.3 is 5.32 Å². The summed E-state index contributed by atoms with van der Waals surface area (Å²) in [5, 5.41) is 12.4. The van der Waals surface area contributed by atoms with E-state index in [0.717, 1.165) is 11.5 Å². The lowest BCUT2D eigenvalue weighted by atomic mass is 10.2. The number of nitrogens with one attached hydrogen (secondary N) is 3. The normalized spacial score (nSPS) is 11.0. The van der Waals surface area contributed by atoms with Crippen molar-refractivity contribution in [1.82, 2.24) is 29.3 Å². The highest BCUT2D eigenvalue weighted by Gasteiger charge is 2.12. The van der Waals surface area contributed by atoms with Crippen LogP contribution in [0.1, 0.15) is 17.9 Å². The molecule has 0 aliphatic heterocycles. The largest absolute Gasteiger partial charge is 0.328 e. The lowest BCUT2D eigenvalue weighted by molar-refractivity contribution is -0.116. The maximum Gasteiger partial charge on any atom is 0.328 e. The molecule has 0 aliphatic rings. The zero-order valence-electron chi connectivity index (χ0n) is 16.8. The summed E-state index contributed by atoms with van der Waals surface area (Å²) >= 11 is 6.51. The Morgan fingerprint density at radius 2 is 2.09 bits per heavy atom. The molecule has 0 unspecified atom stereocenters. The second-order valence-corrected chi connectivity index (χ2v) is 8.14. The van der Waals surface area contributed by atoms with Crippen LogP contribution < -0.4 is 16.6 Å². The molecular weight excluding hydrogens is 450 g/mol. The number of fused-ring (bicyclic) bond motifs is 1. The van der Waals surface area contributed by atoms with E-state index in [2.05, 4.69) is 32.1 Å². The first-order valence-corrected chi connectivity index (χ1v) is 11.0. The highest BCUT2D eigenvalue weighted by atomic mass is 32.1. The summed E-state index contributed by atoms with van der Waals surface area (Å²) in [7, 11) is 0. The third-order valence-corrected chi connectivity index (χ3v) is 5.87.